The Balaban J connectivity index is 2.79. The SMILES string of the molecule is CCC(CC)(CNC(=O)OCc1ccccc1)[C@H](CC(=O)OC)C(=O)OC. The molecule has 1 aromatic rings. The molecule has 0 aliphatic carbocycles. The van der Waals surface area contributed by atoms with Crippen LogP contribution in [0.5, 0.6) is 0 Å². The van der Waals surface area contributed by atoms with Crippen molar-refractivity contribution < 1.29 is 28.6 Å². The predicted molar refractivity (Wildman–Crippen MR) is 99.8 cm³/mol. The van der Waals surface area contributed by atoms with Gasteiger partial charge in [-0.2, -0.15) is 0 Å². The van der Waals surface area contributed by atoms with Crippen LogP contribution in [-0.4, -0.2) is 38.8 Å². The monoisotopic (exact) mass is 379 g/mol. The second-order valence-electron chi connectivity index (χ2n) is 6.34. The average molecular weight is 379 g/mol. The Hall–Kier alpha value is -2.57. The maximum atomic E-state index is 12.3. The van der Waals surface area contributed by atoms with Crippen molar-refractivity contribution in [2.45, 2.75) is 39.7 Å². The highest BCUT2D eigenvalue weighted by Crippen LogP contribution is 2.38. The molecule has 1 atom stereocenters. The summed E-state index contributed by atoms with van der Waals surface area (Å²) in [6.45, 7) is 4.16. The zero-order chi connectivity index (χ0) is 20.3. The van der Waals surface area contributed by atoms with E-state index in [1.807, 2.05) is 44.2 Å². The zero-order valence-electron chi connectivity index (χ0n) is 16.4. The summed E-state index contributed by atoms with van der Waals surface area (Å²) in [5, 5.41) is 2.73. The number of benzene rings is 1. The van der Waals surface area contributed by atoms with Crippen LogP contribution in [0.1, 0.15) is 38.7 Å². The van der Waals surface area contributed by atoms with E-state index in [1.165, 1.54) is 14.2 Å². The van der Waals surface area contributed by atoms with Gasteiger partial charge in [-0.25, -0.2) is 4.79 Å². The Morgan fingerprint density at radius 1 is 1.04 bits per heavy atom. The molecule has 1 N–H and O–H groups in total. The third-order valence-corrected chi connectivity index (χ3v) is 5.03. The fraction of sp³-hybridized carbons (Fsp3) is 0.550. The highest BCUT2D eigenvalue weighted by atomic mass is 16.5. The average Bonchev–Trinajstić information content (AvgIpc) is 2.72. The number of amides is 1. The summed E-state index contributed by atoms with van der Waals surface area (Å²) in [5.74, 6) is -1.72. The van der Waals surface area contributed by atoms with Crippen molar-refractivity contribution in [3.05, 3.63) is 35.9 Å². The van der Waals surface area contributed by atoms with Crippen LogP contribution in [0.15, 0.2) is 30.3 Å². The summed E-state index contributed by atoms with van der Waals surface area (Å²) in [6, 6.07) is 9.33. The molecule has 0 aliphatic heterocycles. The van der Waals surface area contributed by atoms with Gasteiger partial charge in [0, 0.05) is 12.0 Å². The maximum Gasteiger partial charge on any atom is 0.407 e. The molecule has 7 nitrogen and oxygen atoms in total. The van der Waals surface area contributed by atoms with Gasteiger partial charge < -0.3 is 19.5 Å². The topological polar surface area (TPSA) is 90.9 Å². The van der Waals surface area contributed by atoms with E-state index in [-0.39, 0.29) is 19.6 Å². The molecular weight excluding hydrogens is 350 g/mol. The number of carbonyl (C=O) groups is 3. The first-order valence-corrected chi connectivity index (χ1v) is 9.01. The first-order chi connectivity index (χ1) is 12.9. The molecule has 0 bridgehead atoms. The summed E-state index contributed by atoms with van der Waals surface area (Å²) in [6.07, 6.45) is 0.455. The minimum Gasteiger partial charge on any atom is -0.469 e. The van der Waals surface area contributed by atoms with Crippen LogP contribution >= 0.6 is 0 Å². The van der Waals surface area contributed by atoms with Crippen LogP contribution in [0.25, 0.3) is 0 Å². The molecule has 1 amide bonds. The minimum atomic E-state index is -0.723. The van der Waals surface area contributed by atoms with E-state index >= 15 is 0 Å². The minimum absolute atomic E-state index is 0.106. The normalized spacial score (nSPS) is 12.0. The van der Waals surface area contributed by atoms with Gasteiger partial charge in [-0.1, -0.05) is 44.2 Å². The van der Waals surface area contributed by atoms with Crippen LogP contribution in [0, 0.1) is 11.3 Å². The van der Waals surface area contributed by atoms with Crippen molar-refractivity contribution in [2.24, 2.45) is 11.3 Å². The van der Waals surface area contributed by atoms with Gasteiger partial charge >= 0.3 is 18.0 Å². The molecule has 0 heterocycles. The third kappa shape index (κ3) is 6.58. The summed E-state index contributed by atoms with van der Waals surface area (Å²) in [7, 11) is 2.56. The molecule has 150 valence electrons. The summed E-state index contributed by atoms with van der Waals surface area (Å²) in [5.41, 5.74) is 0.232. The van der Waals surface area contributed by atoms with E-state index < -0.39 is 29.4 Å². The Morgan fingerprint density at radius 3 is 2.19 bits per heavy atom. The molecule has 0 unspecified atom stereocenters. The van der Waals surface area contributed by atoms with Gasteiger partial charge in [0.05, 0.1) is 26.6 Å². The Kier molecular flexibility index (Phi) is 9.33. The molecule has 0 aliphatic rings. The fourth-order valence-corrected chi connectivity index (χ4v) is 3.08. The van der Waals surface area contributed by atoms with E-state index in [4.69, 9.17) is 14.2 Å². The summed E-state index contributed by atoms with van der Waals surface area (Å²) < 4.78 is 14.8. The summed E-state index contributed by atoms with van der Waals surface area (Å²) >= 11 is 0. The molecule has 27 heavy (non-hydrogen) atoms. The van der Waals surface area contributed by atoms with Crippen molar-refractivity contribution in [3.8, 4) is 0 Å². The van der Waals surface area contributed by atoms with E-state index in [0.29, 0.717) is 12.8 Å². The molecule has 1 rings (SSSR count). The summed E-state index contributed by atoms with van der Waals surface area (Å²) in [4.78, 5) is 36.2. The Labute approximate surface area is 160 Å². The molecule has 0 saturated carbocycles. The van der Waals surface area contributed by atoms with Crippen molar-refractivity contribution in [1.82, 2.24) is 5.32 Å². The van der Waals surface area contributed by atoms with Gasteiger partial charge in [-0.05, 0) is 18.4 Å². The molecule has 0 saturated heterocycles. The van der Waals surface area contributed by atoms with E-state index in [2.05, 4.69) is 5.32 Å². The van der Waals surface area contributed by atoms with Gasteiger partial charge in [0.1, 0.15) is 6.61 Å². The quantitative estimate of drug-likeness (QED) is 0.496. The second-order valence-corrected chi connectivity index (χ2v) is 6.34. The lowest BCUT2D eigenvalue weighted by Gasteiger charge is -2.37. The van der Waals surface area contributed by atoms with Crippen LogP contribution in [0.4, 0.5) is 4.79 Å². The molecular formula is C20H29NO6. The smallest absolute Gasteiger partial charge is 0.407 e. The van der Waals surface area contributed by atoms with E-state index in [9.17, 15) is 14.4 Å². The van der Waals surface area contributed by atoms with Crippen molar-refractivity contribution in [3.63, 3.8) is 0 Å². The van der Waals surface area contributed by atoms with Gasteiger partial charge in [-0.3, -0.25) is 9.59 Å². The van der Waals surface area contributed by atoms with Crippen molar-refractivity contribution in [2.75, 3.05) is 20.8 Å². The van der Waals surface area contributed by atoms with Crippen molar-refractivity contribution >= 4 is 18.0 Å². The number of hydrogen-bond acceptors (Lipinski definition) is 6. The molecule has 0 fully saturated rings. The van der Waals surface area contributed by atoms with Gasteiger partial charge in [-0.15, -0.1) is 0 Å². The highest BCUT2D eigenvalue weighted by molar-refractivity contribution is 5.80. The number of alkyl carbamates (subject to hydrolysis) is 1. The number of hydrogen-bond donors (Lipinski definition) is 1. The molecule has 7 heteroatoms. The van der Waals surface area contributed by atoms with E-state index in [1.54, 1.807) is 0 Å². The number of ether oxygens (including phenoxy) is 3. The lowest BCUT2D eigenvalue weighted by Crippen LogP contribution is -2.46. The van der Waals surface area contributed by atoms with Crippen LogP contribution in [0.3, 0.4) is 0 Å². The predicted octanol–water partition coefficient (Wildman–Crippen LogP) is 3.07. The number of rotatable bonds is 10. The molecule has 1 aromatic carbocycles. The number of carbonyl (C=O) groups excluding carboxylic acids is 3. The van der Waals surface area contributed by atoms with Gasteiger partial charge in [0.2, 0.25) is 0 Å². The molecule has 0 spiro atoms. The number of nitrogens with one attached hydrogen (secondary N) is 1. The van der Waals surface area contributed by atoms with Gasteiger partial charge in [0.15, 0.2) is 0 Å². The molecule has 0 aromatic heterocycles. The number of methoxy groups -OCH3 is 2. The Morgan fingerprint density at radius 2 is 1.67 bits per heavy atom. The highest BCUT2D eigenvalue weighted by Gasteiger charge is 2.43. The maximum absolute atomic E-state index is 12.3. The Bertz CT molecular complexity index is 612. The third-order valence-electron chi connectivity index (χ3n) is 5.03. The van der Waals surface area contributed by atoms with E-state index in [0.717, 1.165) is 5.56 Å². The lowest BCUT2D eigenvalue weighted by atomic mass is 9.69. The standard InChI is InChI=1S/C20H29NO6/c1-5-20(6-2,16(18(23)26-4)12-17(22)25-3)14-21-19(24)27-13-15-10-8-7-9-11-15/h7-11,16H,5-6,12-14H2,1-4H3,(H,21,24)/t16-/m1/s1. The fourth-order valence-electron chi connectivity index (χ4n) is 3.08. The largest absolute Gasteiger partial charge is 0.469 e. The van der Waals surface area contributed by atoms with Crippen LogP contribution in [-0.2, 0) is 30.4 Å². The molecule has 0 radical (unpaired) electrons. The zero-order valence-corrected chi connectivity index (χ0v) is 16.4. The first-order valence-electron chi connectivity index (χ1n) is 9.01. The second kappa shape index (κ2) is 11.2. The van der Waals surface area contributed by atoms with Crippen LogP contribution in [0.2, 0.25) is 0 Å². The lowest BCUT2D eigenvalue weighted by molar-refractivity contribution is -0.157. The van der Waals surface area contributed by atoms with Gasteiger partial charge in [0.25, 0.3) is 0 Å². The van der Waals surface area contributed by atoms with Crippen LogP contribution < -0.4 is 5.32 Å². The van der Waals surface area contributed by atoms with Crippen molar-refractivity contribution in [1.29, 1.82) is 0 Å². The first kappa shape index (κ1) is 22.5. The number of esters is 2.